The first-order valence-corrected chi connectivity index (χ1v) is 7.47. The van der Waals surface area contributed by atoms with Crippen LogP contribution in [0.3, 0.4) is 0 Å². The average molecular weight is 291 g/mol. The third-order valence-electron chi connectivity index (χ3n) is 4.10. The van der Waals surface area contributed by atoms with Crippen LogP contribution in [0.1, 0.15) is 24.4 Å². The molecule has 1 heterocycles. The van der Waals surface area contributed by atoms with Gasteiger partial charge in [-0.15, -0.1) is 0 Å². The molecular weight excluding hydrogens is 266 g/mol. The third-order valence-corrected chi connectivity index (χ3v) is 4.10. The maximum Gasteiger partial charge on any atom is 0.236 e. The second-order valence-corrected chi connectivity index (χ2v) is 5.53. The Hall–Kier alpha value is -1.59. The van der Waals surface area contributed by atoms with Gasteiger partial charge in [0, 0.05) is 25.7 Å². The SMILES string of the molecule is COc1ccc(C(CN)N(C)CC(=O)N2CCCC2)cc1. The number of ether oxygens (including phenoxy) is 1. The van der Waals surface area contributed by atoms with Gasteiger partial charge in [0.25, 0.3) is 0 Å². The Morgan fingerprint density at radius 3 is 2.48 bits per heavy atom. The van der Waals surface area contributed by atoms with Gasteiger partial charge in [0.05, 0.1) is 13.7 Å². The second-order valence-electron chi connectivity index (χ2n) is 5.53. The molecule has 1 atom stereocenters. The Morgan fingerprint density at radius 1 is 1.33 bits per heavy atom. The van der Waals surface area contributed by atoms with Crippen LogP contribution < -0.4 is 10.5 Å². The van der Waals surface area contributed by atoms with Gasteiger partial charge in [0.2, 0.25) is 5.91 Å². The van der Waals surface area contributed by atoms with E-state index in [0.29, 0.717) is 13.1 Å². The number of carbonyl (C=O) groups is 1. The molecule has 5 nitrogen and oxygen atoms in total. The first-order valence-electron chi connectivity index (χ1n) is 7.47. The van der Waals surface area contributed by atoms with Crippen molar-refractivity contribution in [2.45, 2.75) is 18.9 Å². The van der Waals surface area contributed by atoms with E-state index in [2.05, 4.69) is 0 Å². The normalized spacial score (nSPS) is 16.3. The molecule has 0 aliphatic carbocycles. The van der Waals surface area contributed by atoms with E-state index in [-0.39, 0.29) is 11.9 Å². The molecule has 1 saturated heterocycles. The predicted molar refractivity (Wildman–Crippen MR) is 83.2 cm³/mol. The van der Waals surface area contributed by atoms with Crippen LogP contribution in [0.25, 0.3) is 0 Å². The van der Waals surface area contributed by atoms with Crippen molar-refractivity contribution in [1.29, 1.82) is 0 Å². The molecule has 1 amide bonds. The van der Waals surface area contributed by atoms with Gasteiger partial charge in [-0.2, -0.15) is 0 Å². The number of carbonyl (C=O) groups excluding carboxylic acids is 1. The van der Waals surface area contributed by atoms with E-state index in [4.69, 9.17) is 10.5 Å². The van der Waals surface area contributed by atoms with Crippen LogP contribution in [0.2, 0.25) is 0 Å². The maximum absolute atomic E-state index is 12.2. The summed E-state index contributed by atoms with van der Waals surface area (Å²) >= 11 is 0. The summed E-state index contributed by atoms with van der Waals surface area (Å²) in [5.74, 6) is 1.02. The maximum atomic E-state index is 12.2. The Bertz CT molecular complexity index is 455. The lowest BCUT2D eigenvalue weighted by Crippen LogP contribution is -2.40. The minimum Gasteiger partial charge on any atom is -0.497 e. The highest BCUT2D eigenvalue weighted by atomic mass is 16.5. The number of likely N-dealkylation sites (tertiary alicyclic amines) is 1. The molecule has 0 aromatic heterocycles. The minimum atomic E-state index is 0.0439. The van der Waals surface area contributed by atoms with E-state index in [9.17, 15) is 4.79 Å². The van der Waals surface area contributed by atoms with Crippen LogP contribution in [0.5, 0.6) is 5.75 Å². The zero-order valence-electron chi connectivity index (χ0n) is 12.9. The molecule has 2 rings (SSSR count). The van der Waals surface area contributed by atoms with Crippen molar-refractivity contribution < 1.29 is 9.53 Å². The number of hydrogen-bond acceptors (Lipinski definition) is 4. The van der Waals surface area contributed by atoms with E-state index < -0.39 is 0 Å². The van der Waals surface area contributed by atoms with Crippen molar-refractivity contribution in [3.05, 3.63) is 29.8 Å². The molecule has 0 saturated carbocycles. The molecule has 1 aliphatic heterocycles. The molecule has 116 valence electrons. The molecular formula is C16H25N3O2. The summed E-state index contributed by atoms with van der Waals surface area (Å²) in [5, 5.41) is 0. The summed E-state index contributed by atoms with van der Waals surface area (Å²) in [6.07, 6.45) is 2.24. The number of methoxy groups -OCH3 is 1. The number of nitrogens with zero attached hydrogens (tertiary/aromatic N) is 2. The van der Waals surface area contributed by atoms with Gasteiger partial charge < -0.3 is 15.4 Å². The van der Waals surface area contributed by atoms with Crippen molar-refractivity contribution >= 4 is 5.91 Å². The van der Waals surface area contributed by atoms with Crippen molar-refractivity contribution in [3.8, 4) is 5.75 Å². The van der Waals surface area contributed by atoms with Crippen LogP contribution in [0.15, 0.2) is 24.3 Å². The molecule has 5 heteroatoms. The van der Waals surface area contributed by atoms with Gasteiger partial charge in [-0.3, -0.25) is 9.69 Å². The Kier molecular flexibility index (Phi) is 5.59. The highest BCUT2D eigenvalue weighted by molar-refractivity contribution is 5.78. The Labute approximate surface area is 126 Å². The zero-order chi connectivity index (χ0) is 15.2. The average Bonchev–Trinajstić information content (AvgIpc) is 3.03. The lowest BCUT2D eigenvalue weighted by atomic mass is 10.1. The van der Waals surface area contributed by atoms with Gasteiger partial charge in [-0.1, -0.05) is 12.1 Å². The standard InChI is InChI=1S/C16H25N3O2/c1-18(12-16(20)19-9-3-4-10-19)15(11-17)13-5-7-14(21-2)8-6-13/h5-8,15H,3-4,9-12,17H2,1-2H3. The molecule has 2 N–H and O–H groups in total. The summed E-state index contributed by atoms with van der Waals surface area (Å²) in [5.41, 5.74) is 7.01. The second kappa shape index (κ2) is 7.43. The Balaban J connectivity index is 1.99. The third kappa shape index (κ3) is 3.95. The molecule has 1 fully saturated rings. The van der Waals surface area contributed by atoms with Crippen LogP contribution in [0, 0.1) is 0 Å². The van der Waals surface area contributed by atoms with Crippen molar-refractivity contribution in [2.24, 2.45) is 5.73 Å². The largest absolute Gasteiger partial charge is 0.497 e. The predicted octanol–water partition coefficient (Wildman–Crippen LogP) is 1.25. The summed E-state index contributed by atoms with van der Waals surface area (Å²) in [7, 11) is 3.60. The number of benzene rings is 1. The summed E-state index contributed by atoms with van der Waals surface area (Å²) in [6.45, 7) is 2.68. The molecule has 1 unspecified atom stereocenters. The topological polar surface area (TPSA) is 58.8 Å². The first kappa shape index (κ1) is 15.8. The van der Waals surface area contributed by atoms with E-state index in [0.717, 1.165) is 37.2 Å². The van der Waals surface area contributed by atoms with Gasteiger partial charge >= 0.3 is 0 Å². The number of rotatable bonds is 6. The monoisotopic (exact) mass is 291 g/mol. The molecule has 1 aromatic rings. The number of nitrogens with two attached hydrogens (primary N) is 1. The fourth-order valence-electron chi connectivity index (χ4n) is 2.79. The van der Waals surface area contributed by atoms with E-state index in [1.54, 1.807) is 7.11 Å². The van der Waals surface area contributed by atoms with Gasteiger partial charge in [-0.05, 0) is 37.6 Å². The summed E-state index contributed by atoms with van der Waals surface area (Å²) in [6, 6.07) is 7.91. The number of likely N-dealkylation sites (N-methyl/N-ethyl adjacent to an activating group) is 1. The van der Waals surface area contributed by atoms with Crippen molar-refractivity contribution in [3.63, 3.8) is 0 Å². The van der Waals surface area contributed by atoms with Crippen LogP contribution in [-0.4, -0.2) is 56.0 Å². The van der Waals surface area contributed by atoms with Gasteiger partial charge in [-0.25, -0.2) is 0 Å². The minimum absolute atomic E-state index is 0.0439. The highest BCUT2D eigenvalue weighted by Gasteiger charge is 2.23. The van der Waals surface area contributed by atoms with Crippen LogP contribution in [-0.2, 0) is 4.79 Å². The zero-order valence-corrected chi connectivity index (χ0v) is 12.9. The number of amides is 1. The summed E-state index contributed by atoms with van der Waals surface area (Å²) in [4.78, 5) is 16.2. The molecule has 0 spiro atoms. The molecule has 1 aliphatic rings. The molecule has 0 bridgehead atoms. The van der Waals surface area contributed by atoms with Crippen LogP contribution in [0.4, 0.5) is 0 Å². The van der Waals surface area contributed by atoms with E-state index in [1.807, 2.05) is 41.1 Å². The van der Waals surface area contributed by atoms with E-state index in [1.165, 1.54) is 0 Å². The lowest BCUT2D eigenvalue weighted by Gasteiger charge is -2.28. The molecule has 21 heavy (non-hydrogen) atoms. The van der Waals surface area contributed by atoms with Crippen LogP contribution >= 0.6 is 0 Å². The van der Waals surface area contributed by atoms with E-state index >= 15 is 0 Å². The van der Waals surface area contributed by atoms with Gasteiger partial charge in [0.15, 0.2) is 0 Å². The van der Waals surface area contributed by atoms with Crippen molar-refractivity contribution in [1.82, 2.24) is 9.80 Å². The quantitative estimate of drug-likeness (QED) is 0.857. The molecule has 1 aromatic carbocycles. The smallest absolute Gasteiger partial charge is 0.236 e. The lowest BCUT2D eigenvalue weighted by molar-refractivity contribution is -0.131. The fraction of sp³-hybridized carbons (Fsp3) is 0.562. The molecule has 0 radical (unpaired) electrons. The van der Waals surface area contributed by atoms with Gasteiger partial charge in [0.1, 0.15) is 5.75 Å². The Morgan fingerprint density at radius 2 is 1.95 bits per heavy atom. The number of hydrogen-bond donors (Lipinski definition) is 1. The fourth-order valence-corrected chi connectivity index (χ4v) is 2.79. The summed E-state index contributed by atoms with van der Waals surface area (Å²) < 4.78 is 5.17. The highest BCUT2D eigenvalue weighted by Crippen LogP contribution is 2.21. The first-order chi connectivity index (χ1) is 10.2. The van der Waals surface area contributed by atoms with Crippen molar-refractivity contribution in [2.75, 3.05) is 40.3 Å².